The van der Waals surface area contributed by atoms with Crippen LogP contribution in [0.25, 0.3) is 0 Å². The maximum atomic E-state index is 10.4. The van der Waals surface area contributed by atoms with Crippen molar-refractivity contribution in [1.82, 2.24) is 5.32 Å². The van der Waals surface area contributed by atoms with Gasteiger partial charge >= 0.3 is 0 Å². The molecular weight excluding hydrogens is 194 g/mol. The van der Waals surface area contributed by atoms with Crippen LogP contribution >= 0.6 is 0 Å². The summed E-state index contributed by atoms with van der Waals surface area (Å²) in [7, 11) is 3.20. The van der Waals surface area contributed by atoms with E-state index in [4.69, 9.17) is 9.47 Å². The van der Waals surface area contributed by atoms with E-state index in [1.807, 2.05) is 25.1 Å². The topological polar surface area (TPSA) is 47.6 Å². The fraction of sp³-hybridized carbons (Fsp3) is 0.364. The minimum absolute atomic E-state index is 0.104. The molecule has 0 fully saturated rings. The van der Waals surface area contributed by atoms with Crippen LogP contribution in [0.1, 0.15) is 18.5 Å². The first-order valence-electron chi connectivity index (χ1n) is 4.64. The van der Waals surface area contributed by atoms with Gasteiger partial charge in [0, 0.05) is 5.56 Å². The normalized spacial score (nSPS) is 11.7. The van der Waals surface area contributed by atoms with Crippen molar-refractivity contribution < 1.29 is 14.3 Å². The number of hydrogen-bond acceptors (Lipinski definition) is 3. The Labute approximate surface area is 89.2 Å². The Kier molecular flexibility index (Phi) is 3.97. The summed E-state index contributed by atoms with van der Waals surface area (Å²) in [5.41, 5.74) is 0.893. The molecule has 0 saturated heterocycles. The van der Waals surface area contributed by atoms with Crippen LogP contribution in [0.2, 0.25) is 0 Å². The lowest BCUT2D eigenvalue weighted by atomic mass is 10.1. The highest BCUT2D eigenvalue weighted by Crippen LogP contribution is 2.28. The summed E-state index contributed by atoms with van der Waals surface area (Å²) in [4.78, 5) is 10.4. The summed E-state index contributed by atoms with van der Waals surface area (Å²) in [5.74, 6) is 1.47. The van der Waals surface area contributed by atoms with E-state index in [9.17, 15) is 4.79 Å². The van der Waals surface area contributed by atoms with Crippen LogP contribution in [0.15, 0.2) is 18.2 Å². The van der Waals surface area contributed by atoms with Gasteiger partial charge in [0.15, 0.2) is 0 Å². The first kappa shape index (κ1) is 11.4. The van der Waals surface area contributed by atoms with Crippen molar-refractivity contribution in [3.8, 4) is 11.5 Å². The predicted molar refractivity (Wildman–Crippen MR) is 57.2 cm³/mol. The minimum atomic E-state index is -0.104. The molecule has 0 heterocycles. The van der Waals surface area contributed by atoms with Crippen molar-refractivity contribution >= 4 is 6.41 Å². The van der Waals surface area contributed by atoms with E-state index >= 15 is 0 Å². The molecule has 15 heavy (non-hydrogen) atoms. The molecule has 4 nitrogen and oxygen atoms in total. The molecule has 0 radical (unpaired) electrons. The van der Waals surface area contributed by atoms with Crippen LogP contribution in [0.3, 0.4) is 0 Å². The summed E-state index contributed by atoms with van der Waals surface area (Å²) in [6.07, 6.45) is 0.670. The quantitative estimate of drug-likeness (QED) is 0.748. The van der Waals surface area contributed by atoms with Gasteiger partial charge in [-0.3, -0.25) is 4.79 Å². The van der Waals surface area contributed by atoms with Crippen molar-refractivity contribution in [1.29, 1.82) is 0 Å². The van der Waals surface area contributed by atoms with Gasteiger partial charge in [0.2, 0.25) is 6.41 Å². The zero-order valence-corrected chi connectivity index (χ0v) is 9.11. The van der Waals surface area contributed by atoms with E-state index in [-0.39, 0.29) is 6.04 Å². The number of carbonyl (C=O) groups is 1. The smallest absolute Gasteiger partial charge is 0.207 e. The molecule has 1 aromatic carbocycles. The Morgan fingerprint density at radius 1 is 1.33 bits per heavy atom. The molecule has 82 valence electrons. The summed E-state index contributed by atoms with van der Waals surface area (Å²) in [5, 5.41) is 2.67. The van der Waals surface area contributed by atoms with Gasteiger partial charge in [-0.15, -0.1) is 0 Å². The molecule has 1 aromatic rings. The third-order valence-electron chi connectivity index (χ3n) is 2.22. The second-order valence-electron chi connectivity index (χ2n) is 3.11. The molecule has 4 heteroatoms. The fourth-order valence-corrected chi connectivity index (χ4v) is 1.37. The Hall–Kier alpha value is -1.71. The van der Waals surface area contributed by atoms with Crippen LogP contribution in [-0.2, 0) is 4.79 Å². The number of nitrogens with one attached hydrogen (secondary N) is 1. The molecule has 0 aromatic heterocycles. The van der Waals surface area contributed by atoms with Crippen molar-refractivity contribution in [2.75, 3.05) is 14.2 Å². The van der Waals surface area contributed by atoms with E-state index in [0.29, 0.717) is 6.41 Å². The van der Waals surface area contributed by atoms with Gasteiger partial charge in [0.1, 0.15) is 11.5 Å². The fourth-order valence-electron chi connectivity index (χ4n) is 1.37. The first-order valence-corrected chi connectivity index (χ1v) is 4.64. The molecule has 0 aliphatic carbocycles. The van der Waals surface area contributed by atoms with Gasteiger partial charge < -0.3 is 14.8 Å². The molecular formula is C11H15NO3. The molecule has 0 aliphatic rings. The second-order valence-corrected chi connectivity index (χ2v) is 3.11. The molecule has 0 aliphatic heterocycles. The zero-order valence-electron chi connectivity index (χ0n) is 9.11. The molecule has 1 atom stereocenters. The number of ether oxygens (including phenoxy) is 2. The number of carbonyl (C=O) groups excluding carboxylic acids is 1. The molecule has 0 saturated carbocycles. The molecule has 1 amide bonds. The third-order valence-corrected chi connectivity index (χ3v) is 2.22. The van der Waals surface area contributed by atoms with Gasteiger partial charge in [-0.2, -0.15) is 0 Å². The summed E-state index contributed by atoms with van der Waals surface area (Å²) < 4.78 is 10.3. The molecule has 0 spiro atoms. The Morgan fingerprint density at radius 2 is 2.07 bits per heavy atom. The lowest BCUT2D eigenvalue weighted by Crippen LogP contribution is -2.16. The van der Waals surface area contributed by atoms with Crippen LogP contribution in [0.4, 0.5) is 0 Å². The van der Waals surface area contributed by atoms with E-state index in [0.717, 1.165) is 17.1 Å². The number of benzene rings is 1. The molecule has 0 bridgehead atoms. The SMILES string of the molecule is COc1ccc(OC)c([C@@H](C)NC=O)c1. The van der Waals surface area contributed by atoms with Crippen LogP contribution in [0.5, 0.6) is 11.5 Å². The van der Waals surface area contributed by atoms with E-state index < -0.39 is 0 Å². The Bertz CT molecular complexity index is 339. The van der Waals surface area contributed by atoms with E-state index in [1.165, 1.54) is 0 Å². The first-order chi connectivity index (χ1) is 7.22. The maximum Gasteiger partial charge on any atom is 0.207 e. The number of amides is 1. The lowest BCUT2D eigenvalue weighted by molar-refractivity contribution is -0.110. The molecule has 1 rings (SSSR count). The minimum Gasteiger partial charge on any atom is -0.497 e. The third kappa shape index (κ3) is 2.62. The molecule has 1 N–H and O–H groups in total. The zero-order chi connectivity index (χ0) is 11.3. The van der Waals surface area contributed by atoms with Crippen LogP contribution < -0.4 is 14.8 Å². The highest BCUT2D eigenvalue weighted by Gasteiger charge is 2.11. The van der Waals surface area contributed by atoms with Gasteiger partial charge in [-0.25, -0.2) is 0 Å². The lowest BCUT2D eigenvalue weighted by Gasteiger charge is -2.15. The molecule has 0 unspecified atom stereocenters. The highest BCUT2D eigenvalue weighted by atomic mass is 16.5. The summed E-state index contributed by atoms with van der Waals surface area (Å²) >= 11 is 0. The number of rotatable bonds is 5. The van der Waals surface area contributed by atoms with Crippen molar-refractivity contribution in [3.63, 3.8) is 0 Å². The van der Waals surface area contributed by atoms with Crippen molar-refractivity contribution in [2.45, 2.75) is 13.0 Å². The van der Waals surface area contributed by atoms with E-state index in [1.54, 1.807) is 14.2 Å². The van der Waals surface area contributed by atoms with Gasteiger partial charge in [0.25, 0.3) is 0 Å². The monoisotopic (exact) mass is 209 g/mol. The van der Waals surface area contributed by atoms with Crippen molar-refractivity contribution in [2.24, 2.45) is 0 Å². The Balaban J connectivity index is 3.04. The average molecular weight is 209 g/mol. The van der Waals surface area contributed by atoms with Gasteiger partial charge in [0.05, 0.1) is 20.3 Å². The second kappa shape index (κ2) is 5.24. The van der Waals surface area contributed by atoms with Gasteiger partial charge in [-0.1, -0.05) is 0 Å². The predicted octanol–water partition coefficient (Wildman–Crippen LogP) is 1.51. The van der Waals surface area contributed by atoms with Crippen LogP contribution in [0, 0.1) is 0 Å². The highest BCUT2D eigenvalue weighted by molar-refractivity contribution is 5.50. The number of hydrogen-bond donors (Lipinski definition) is 1. The standard InChI is InChI=1S/C11H15NO3/c1-8(12-7-13)10-6-9(14-2)4-5-11(10)15-3/h4-8H,1-3H3,(H,12,13)/t8-/m1/s1. The summed E-state index contributed by atoms with van der Waals surface area (Å²) in [6.45, 7) is 1.88. The largest absolute Gasteiger partial charge is 0.497 e. The van der Waals surface area contributed by atoms with E-state index in [2.05, 4.69) is 5.32 Å². The van der Waals surface area contributed by atoms with Crippen molar-refractivity contribution in [3.05, 3.63) is 23.8 Å². The maximum absolute atomic E-state index is 10.4. The van der Waals surface area contributed by atoms with Gasteiger partial charge in [-0.05, 0) is 25.1 Å². The van der Waals surface area contributed by atoms with Crippen LogP contribution in [-0.4, -0.2) is 20.6 Å². The Morgan fingerprint density at radius 3 is 2.60 bits per heavy atom. The summed E-state index contributed by atoms with van der Waals surface area (Å²) in [6, 6.07) is 5.38. The number of methoxy groups -OCH3 is 2. The average Bonchev–Trinajstić information content (AvgIpc) is 2.28.